The molecule has 1 aromatic carbocycles. The molecule has 4 N–H and O–H groups in total. The first-order valence-corrected chi connectivity index (χ1v) is 4.17. The maximum Gasteiger partial charge on any atom is 0.312 e. The summed E-state index contributed by atoms with van der Waals surface area (Å²) in [6.45, 7) is 0. The summed E-state index contributed by atoms with van der Waals surface area (Å²) >= 11 is 0. The lowest BCUT2D eigenvalue weighted by Gasteiger charge is -2.08. The highest BCUT2D eigenvalue weighted by atomic mass is 19.2. The molecule has 0 aliphatic heterocycles. The normalized spacial score (nSPS) is 9.88. The van der Waals surface area contributed by atoms with Gasteiger partial charge >= 0.3 is 5.97 Å². The van der Waals surface area contributed by atoms with E-state index in [9.17, 15) is 18.4 Å². The minimum absolute atomic E-state index is 0.183. The van der Waals surface area contributed by atoms with Crippen molar-refractivity contribution in [2.24, 2.45) is 0 Å². The second-order valence-corrected chi connectivity index (χ2v) is 2.94. The summed E-state index contributed by atoms with van der Waals surface area (Å²) in [6.07, 6.45) is -0.852. The van der Waals surface area contributed by atoms with Crippen LogP contribution in [0.25, 0.3) is 0 Å². The number of hydrogen-bond donors (Lipinski definition) is 3. The van der Waals surface area contributed by atoms with Crippen LogP contribution in [0.2, 0.25) is 0 Å². The van der Waals surface area contributed by atoms with Gasteiger partial charge in [0, 0.05) is 0 Å². The van der Waals surface area contributed by atoms with Gasteiger partial charge in [0.05, 0.1) is 5.69 Å². The first-order valence-electron chi connectivity index (χ1n) is 4.17. The van der Waals surface area contributed by atoms with Crippen molar-refractivity contribution >= 4 is 23.3 Å². The van der Waals surface area contributed by atoms with Crippen LogP contribution in [0.5, 0.6) is 0 Å². The molecule has 0 atom stereocenters. The molecule has 0 saturated heterocycles. The maximum absolute atomic E-state index is 13.1. The Balaban J connectivity index is 2.93. The molecule has 0 aromatic heterocycles. The predicted octanol–water partition coefficient (Wildman–Crippen LogP) is 0.960. The van der Waals surface area contributed by atoms with Crippen molar-refractivity contribution in [2.75, 3.05) is 11.1 Å². The molecule has 0 heterocycles. The molecule has 86 valence electrons. The monoisotopic (exact) mass is 230 g/mol. The fraction of sp³-hybridized carbons (Fsp3) is 0.111. The van der Waals surface area contributed by atoms with E-state index < -0.39 is 35.6 Å². The Morgan fingerprint density at radius 2 is 2.00 bits per heavy atom. The molecule has 0 saturated carbocycles. The molecule has 0 unspecified atom stereocenters. The Bertz CT molecular complexity index is 449. The second-order valence-electron chi connectivity index (χ2n) is 2.94. The number of carbonyl (C=O) groups excluding carboxylic acids is 1. The van der Waals surface area contributed by atoms with Gasteiger partial charge < -0.3 is 16.2 Å². The molecule has 0 radical (unpaired) electrons. The van der Waals surface area contributed by atoms with Crippen LogP contribution in [0.3, 0.4) is 0 Å². The number of hydrogen-bond acceptors (Lipinski definition) is 3. The van der Waals surface area contributed by atoms with Crippen LogP contribution >= 0.6 is 0 Å². The number of nitrogen functional groups attached to an aromatic ring is 1. The molecule has 1 rings (SSSR count). The van der Waals surface area contributed by atoms with Gasteiger partial charge in [0.15, 0.2) is 11.6 Å². The van der Waals surface area contributed by atoms with E-state index in [0.29, 0.717) is 0 Å². The first-order chi connectivity index (χ1) is 7.41. The second kappa shape index (κ2) is 4.56. The van der Waals surface area contributed by atoms with Gasteiger partial charge in [-0.3, -0.25) is 9.59 Å². The topological polar surface area (TPSA) is 92.4 Å². The molecule has 16 heavy (non-hydrogen) atoms. The van der Waals surface area contributed by atoms with Crippen LogP contribution < -0.4 is 11.1 Å². The number of carboxylic acid groups (broad SMARTS) is 1. The standard InChI is InChI=1S/C9H8F2N2O3/c10-4-1-2-5(12)9(8(4)11)13-6(14)3-7(15)16/h1-2H,3,12H2,(H,13,14)(H,15,16). The van der Waals surface area contributed by atoms with E-state index in [1.807, 2.05) is 5.32 Å². The molecular weight excluding hydrogens is 222 g/mol. The maximum atomic E-state index is 13.1. The van der Waals surface area contributed by atoms with Crippen LogP contribution in [-0.4, -0.2) is 17.0 Å². The van der Waals surface area contributed by atoms with Gasteiger partial charge in [-0.15, -0.1) is 0 Å². The average molecular weight is 230 g/mol. The van der Waals surface area contributed by atoms with E-state index in [2.05, 4.69) is 0 Å². The number of benzene rings is 1. The van der Waals surface area contributed by atoms with E-state index in [4.69, 9.17) is 10.8 Å². The zero-order valence-electron chi connectivity index (χ0n) is 7.96. The third-order valence-electron chi connectivity index (χ3n) is 1.70. The molecule has 1 amide bonds. The molecule has 5 nitrogen and oxygen atoms in total. The minimum atomic E-state index is -1.38. The van der Waals surface area contributed by atoms with Crippen molar-refractivity contribution in [1.29, 1.82) is 0 Å². The molecule has 0 spiro atoms. The molecule has 1 aromatic rings. The van der Waals surface area contributed by atoms with Crippen molar-refractivity contribution in [1.82, 2.24) is 0 Å². The van der Waals surface area contributed by atoms with E-state index in [0.717, 1.165) is 12.1 Å². The lowest BCUT2D eigenvalue weighted by Crippen LogP contribution is -2.18. The molecule has 0 aliphatic rings. The van der Waals surface area contributed by atoms with E-state index in [-0.39, 0.29) is 5.69 Å². The summed E-state index contributed by atoms with van der Waals surface area (Å²) in [5.41, 5.74) is 4.57. The molecule has 0 bridgehead atoms. The third kappa shape index (κ3) is 2.66. The minimum Gasteiger partial charge on any atom is -0.481 e. The predicted molar refractivity (Wildman–Crippen MR) is 51.7 cm³/mol. The third-order valence-corrected chi connectivity index (χ3v) is 1.70. The number of halogens is 2. The quantitative estimate of drug-likeness (QED) is 0.532. The summed E-state index contributed by atoms with van der Waals surface area (Å²) in [4.78, 5) is 21.2. The van der Waals surface area contributed by atoms with Crippen LogP contribution in [-0.2, 0) is 9.59 Å². The Morgan fingerprint density at radius 1 is 1.38 bits per heavy atom. The molecular formula is C9H8F2N2O3. The summed E-state index contributed by atoms with van der Waals surface area (Å²) in [5.74, 6) is -4.87. The number of carboxylic acids is 1. The lowest BCUT2D eigenvalue weighted by molar-refractivity contribution is -0.139. The number of nitrogens with one attached hydrogen (secondary N) is 1. The molecule has 0 aliphatic carbocycles. The van der Waals surface area contributed by atoms with Gasteiger partial charge in [0.1, 0.15) is 12.1 Å². The van der Waals surface area contributed by atoms with Gasteiger partial charge in [0.25, 0.3) is 0 Å². The zero-order valence-corrected chi connectivity index (χ0v) is 7.96. The van der Waals surface area contributed by atoms with Crippen LogP contribution in [0.15, 0.2) is 12.1 Å². The lowest BCUT2D eigenvalue weighted by atomic mass is 10.2. The van der Waals surface area contributed by atoms with E-state index in [1.54, 1.807) is 0 Å². The number of rotatable bonds is 3. The van der Waals surface area contributed by atoms with Crippen LogP contribution in [0, 0.1) is 11.6 Å². The summed E-state index contributed by atoms with van der Waals surface area (Å²) in [6, 6.07) is 1.87. The van der Waals surface area contributed by atoms with Crippen LogP contribution in [0.4, 0.5) is 20.2 Å². The van der Waals surface area contributed by atoms with Crippen molar-refractivity contribution in [3.05, 3.63) is 23.8 Å². The Labute approximate surface area is 88.9 Å². The molecule has 0 fully saturated rings. The highest BCUT2D eigenvalue weighted by Gasteiger charge is 2.15. The van der Waals surface area contributed by atoms with Gasteiger partial charge in [-0.05, 0) is 12.1 Å². The fourth-order valence-electron chi connectivity index (χ4n) is 1.01. The number of carbonyl (C=O) groups is 2. The van der Waals surface area contributed by atoms with E-state index >= 15 is 0 Å². The Morgan fingerprint density at radius 3 is 2.56 bits per heavy atom. The number of nitrogens with two attached hydrogens (primary N) is 1. The summed E-state index contributed by atoms with van der Waals surface area (Å²) < 4.78 is 25.9. The van der Waals surface area contributed by atoms with Crippen molar-refractivity contribution in [2.45, 2.75) is 6.42 Å². The SMILES string of the molecule is Nc1ccc(F)c(F)c1NC(=O)CC(=O)O. The van der Waals surface area contributed by atoms with Gasteiger partial charge in [-0.2, -0.15) is 0 Å². The number of aliphatic carboxylic acids is 1. The Kier molecular flexibility index (Phi) is 3.39. The van der Waals surface area contributed by atoms with Crippen molar-refractivity contribution < 1.29 is 23.5 Å². The average Bonchev–Trinajstić information content (AvgIpc) is 2.17. The van der Waals surface area contributed by atoms with Crippen LogP contribution in [0.1, 0.15) is 6.42 Å². The Hall–Kier alpha value is -2.18. The first kappa shape index (κ1) is 11.9. The highest BCUT2D eigenvalue weighted by molar-refractivity contribution is 6.02. The largest absolute Gasteiger partial charge is 0.481 e. The van der Waals surface area contributed by atoms with Gasteiger partial charge in [-0.25, -0.2) is 8.78 Å². The smallest absolute Gasteiger partial charge is 0.312 e. The highest BCUT2D eigenvalue weighted by Crippen LogP contribution is 2.24. The van der Waals surface area contributed by atoms with Crippen molar-refractivity contribution in [3.8, 4) is 0 Å². The van der Waals surface area contributed by atoms with Crippen molar-refractivity contribution in [3.63, 3.8) is 0 Å². The summed E-state index contributed by atoms with van der Waals surface area (Å²) in [7, 11) is 0. The van der Waals surface area contributed by atoms with Gasteiger partial charge in [-0.1, -0.05) is 0 Å². The number of anilines is 2. The molecule has 7 heteroatoms. The summed E-state index contributed by atoms with van der Waals surface area (Å²) in [5, 5.41) is 10.2. The van der Waals surface area contributed by atoms with Gasteiger partial charge in [0.2, 0.25) is 5.91 Å². The fourth-order valence-corrected chi connectivity index (χ4v) is 1.01. The van der Waals surface area contributed by atoms with E-state index in [1.165, 1.54) is 0 Å². The number of amides is 1. The zero-order chi connectivity index (χ0) is 12.3.